The molecule has 130 valence electrons. The number of rotatable bonds is 4. The van der Waals surface area contributed by atoms with Crippen LogP contribution in [0.1, 0.15) is 32.1 Å². The molecule has 1 saturated heterocycles. The van der Waals surface area contributed by atoms with E-state index in [0.717, 1.165) is 59.0 Å². The van der Waals surface area contributed by atoms with E-state index in [1.165, 1.54) is 37.9 Å². The van der Waals surface area contributed by atoms with Gasteiger partial charge in [-0.15, -0.1) is 0 Å². The van der Waals surface area contributed by atoms with Crippen LogP contribution in [0.2, 0.25) is 5.02 Å². The fourth-order valence-corrected chi connectivity index (χ4v) is 5.11. The van der Waals surface area contributed by atoms with Gasteiger partial charge >= 0.3 is 0 Å². The predicted molar refractivity (Wildman–Crippen MR) is 103 cm³/mol. The Labute approximate surface area is 152 Å². The Balaban J connectivity index is 1.49. The van der Waals surface area contributed by atoms with Crippen LogP contribution in [0, 0.1) is 5.92 Å². The van der Waals surface area contributed by atoms with Crippen LogP contribution in [0.3, 0.4) is 0 Å². The van der Waals surface area contributed by atoms with Crippen LogP contribution >= 0.6 is 23.4 Å². The first-order valence-corrected chi connectivity index (χ1v) is 10.4. The van der Waals surface area contributed by atoms with Crippen LogP contribution in [0.4, 0.5) is 5.69 Å². The molecule has 2 heterocycles. The number of nitrogens with zero attached hydrogens (tertiary/aromatic N) is 2. The van der Waals surface area contributed by atoms with Crippen molar-refractivity contribution < 1.29 is 0 Å². The summed E-state index contributed by atoms with van der Waals surface area (Å²) in [4.78, 5) is 10.6. The third-order valence-corrected chi connectivity index (χ3v) is 6.57. The lowest BCUT2D eigenvalue weighted by atomic mass is 9.91. The summed E-state index contributed by atoms with van der Waals surface area (Å²) in [5, 5.41) is 5.22. The Hall–Kier alpha value is -0.910. The zero-order valence-electron chi connectivity index (χ0n) is 14.0. The molecule has 4 rings (SSSR count). The van der Waals surface area contributed by atoms with Gasteiger partial charge in [-0.25, -0.2) is 4.98 Å². The Morgan fingerprint density at radius 3 is 2.75 bits per heavy atom. The molecule has 0 radical (unpaired) electrons. The fraction of sp³-hybridized carbons (Fsp3) is 0.611. The molecule has 1 aliphatic carbocycles. The molecule has 2 fully saturated rings. The summed E-state index contributed by atoms with van der Waals surface area (Å²) in [6, 6.07) is 4.18. The first kappa shape index (κ1) is 16.6. The number of thioether (sulfide) groups is 1. The van der Waals surface area contributed by atoms with Gasteiger partial charge in [0, 0.05) is 31.9 Å². The molecule has 2 N–H and O–H groups in total. The summed E-state index contributed by atoms with van der Waals surface area (Å²) in [5.74, 6) is 2.04. The van der Waals surface area contributed by atoms with Gasteiger partial charge in [0.05, 0.1) is 21.7 Å². The number of nitrogens with one attached hydrogen (secondary N) is 2. The lowest BCUT2D eigenvalue weighted by molar-refractivity contribution is 0.391. The van der Waals surface area contributed by atoms with Crippen molar-refractivity contribution in [3.05, 3.63) is 17.2 Å². The molecule has 0 spiro atoms. The quantitative estimate of drug-likeness (QED) is 0.794. The van der Waals surface area contributed by atoms with E-state index in [9.17, 15) is 0 Å². The third kappa shape index (κ3) is 3.68. The number of fused-ring (bicyclic) bond motifs is 1. The van der Waals surface area contributed by atoms with E-state index in [0.29, 0.717) is 0 Å². The molecule has 24 heavy (non-hydrogen) atoms. The minimum absolute atomic E-state index is 0.805. The topological polar surface area (TPSA) is 44.0 Å². The van der Waals surface area contributed by atoms with Gasteiger partial charge in [0.1, 0.15) is 0 Å². The maximum Gasteiger partial charge on any atom is 0.166 e. The van der Waals surface area contributed by atoms with Crippen molar-refractivity contribution >= 4 is 40.1 Å². The Bertz CT molecular complexity index is 690. The van der Waals surface area contributed by atoms with Crippen molar-refractivity contribution in [3.8, 4) is 0 Å². The van der Waals surface area contributed by atoms with Gasteiger partial charge in [0.2, 0.25) is 0 Å². The van der Waals surface area contributed by atoms with E-state index in [1.807, 2.05) is 17.8 Å². The number of benzene rings is 1. The van der Waals surface area contributed by atoms with Crippen LogP contribution in [0.25, 0.3) is 11.0 Å². The SMILES string of the molecule is Clc1cc2nc(SCC3CCCCC3)[nH]c2cc1N1CCNCC1. The van der Waals surface area contributed by atoms with E-state index in [4.69, 9.17) is 16.6 Å². The second-order valence-electron chi connectivity index (χ2n) is 6.91. The highest BCUT2D eigenvalue weighted by atomic mass is 35.5. The summed E-state index contributed by atoms with van der Waals surface area (Å²) in [5.41, 5.74) is 3.20. The van der Waals surface area contributed by atoms with E-state index in [1.54, 1.807) is 0 Å². The molecule has 1 aromatic carbocycles. The van der Waals surface area contributed by atoms with Crippen LogP contribution in [-0.4, -0.2) is 41.9 Å². The van der Waals surface area contributed by atoms with Crippen molar-refractivity contribution in [1.29, 1.82) is 0 Å². The molecule has 1 aromatic heterocycles. The Morgan fingerprint density at radius 1 is 1.17 bits per heavy atom. The summed E-state index contributed by atoms with van der Waals surface area (Å²) < 4.78 is 0. The van der Waals surface area contributed by atoms with E-state index >= 15 is 0 Å². The molecule has 0 amide bonds. The first-order valence-electron chi connectivity index (χ1n) is 9.07. The molecular formula is C18H25ClN4S. The average Bonchev–Trinajstić information content (AvgIpc) is 3.02. The van der Waals surface area contributed by atoms with Crippen molar-refractivity contribution in [2.24, 2.45) is 5.92 Å². The van der Waals surface area contributed by atoms with Crippen LogP contribution in [0.5, 0.6) is 0 Å². The molecule has 1 saturated carbocycles. The van der Waals surface area contributed by atoms with E-state index in [-0.39, 0.29) is 0 Å². The smallest absolute Gasteiger partial charge is 0.166 e. The molecule has 2 aliphatic rings. The number of aromatic amines is 1. The van der Waals surface area contributed by atoms with Crippen LogP contribution < -0.4 is 10.2 Å². The standard InChI is InChI=1S/C18H25ClN4S/c19-14-10-15-16(11-17(14)23-8-6-20-7-9-23)22-18(21-15)24-12-13-4-2-1-3-5-13/h10-11,13,20H,1-9,12H2,(H,21,22). The van der Waals surface area contributed by atoms with Gasteiger partial charge in [0.25, 0.3) is 0 Å². The van der Waals surface area contributed by atoms with Crippen molar-refractivity contribution in [2.45, 2.75) is 37.3 Å². The number of halogens is 1. The van der Waals surface area contributed by atoms with Gasteiger partial charge in [-0.2, -0.15) is 0 Å². The minimum atomic E-state index is 0.805. The zero-order chi connectivity index (χ0) is 16.4. The Morgan fingerprint density at radius 2 is 1.96 bits per heavy atom. The highest BCUT2D eigenvalue weighted by Gasteiger charge is 2.17. The largest absolute Gasteiger partial charge is 0.368 e. The molecular weight excluding hydrogens is 340 g/mol. The summed E-state index contributed by atoms with van der Waals surface area (Å²) in [6.07, 6.45) is 6.97. The van der Waals surface area contributed by atoms with Gasteiger partial charge in [0.15, 0.2) is 5.16 Å². The Kier molecular flexibility index (Phi) is 5.20. The highest BCUT2D eigenvalue weighted by molar-refractivity contribution is 7.99. The summed E-state index contributed by atoms with van der Waals surface area (Å²) in [6.45, 7) is 4.03. The van der Waals surface area contributed by atoms with E-state index in [2.05, 4.69) is 21.3 Å². The minimum Gasteiger partial charge on any atom is -0.368 e. The normalized spacial score (nSPS) is 20.0. The van der Waals surface area contributed by atoms with Crippen LogP contribution in [-0.2, 0) is 0 Å². The van der Waals surface area contributed by atoms with Gasteiger partial charge in [-0.1, -0.05) is 42.6 Å². The molecule has 0 atom stereocenters. The summed E-state index contributed by atoms with van der Waals surface area (Å²) >= 11 is 8.39. The fourth-order valence-electron chi connectivity index (χ4n) is 3.76. The predicted octanol–water partition coefficient (Wildman–Crippen LogP) is 4.30. The van der Waals surface area contributed by atoms with E-state index < -0.39 is 0 Å². The maximum atomic E-state index is 6.52. The second-order valence-corrected chi connectivity index (χ2v) is 8.33. The van der Waals surface area contributed by atoms with Crippen molar-refractivity contribution in [3.63, 3.8) is 0 Å². The highest BCUT2D eigenvalue weighted by Crippen LogP contribution is 2.33. The number of piperazine rings is 1. The number of hydrogen-bond acceptors (Lipinski definition) is 4. The summed E-state index contributed by atoms with van der Waals surface area (Å²) in [7, 11) is 0. The lowest BCUT2D eigenvalue weighted by Gasteiger charge is -2.30. The van der Waals surface area contributed by atoms with Crippen molar-refractivity contribution in [1.82, 2.24) is 15.3 Å². The van der Waals surface area contributed by atoms with Gasteiger partial charge in [-0.05, 0) is 30.9 Å². The zero-order valence-corrected chi connectivity index (χ0v) is 15.6. The number of hydrogen-bond donors (Lipinski definition) is 2. The molecule has 1 aliphatic heterocycles. The molecule has 2 aromatic rings. The third-order valence-electron chi connectivity index (χ3n) is 5.17. The van der Waals surface area contributed by atoms with Crippen LogP contribution in [0.15, 0.2) is 17.3 Å². The maximum absolute atomic E-state index is 6.52. The van der Waals surface area contributed by atoms with Gasteiger partial charge in [-0.3, -0.25) is 0 Å². The lowest BCUT2D eigenvalue weighted by Crippen LogP contribution is -2.43. The number of aromatic nitrogens is 2. The second kappa shape index (κ2) is 7.54. The van der Waals surface area contributed by atoms with Gasteiger partial charge < -0.3 is 15.2 Å². The number of H-pyrrole nitrogens is 1. The van der Waals surface area contributed by atoms with Crippen molar-refractivity contribution in [2.75, 3.05) is 36.8 Å². The average molecular weight is 365 g/mol. The molecule has 0 unspecified atom stereocenters. The number of anilines is 1. The monoisotopic (exact) mass is 364 g/mol. The number of imidazole rings is 1. The molecule has 6 heteroatoms. The molecule has 4 nitrogen and oxygen atoms in total. The molecule has 0 bridgehead atoms. The first-order chi connectivity index (χ1) is 11.8.